The summed E-state index contributed by atoms with van der Waals surface area (Å²) in [7, 11) is 0. The molecule has 1 aliphatic rings. The summed E-state index contributed by atoms with van der Waals surface area (Å²) in [5, 5.41) is 12.2. The lowest BCUT2D eigenvalue weighted by atomic mass is 10.1. The number of rotatable bonds is 6. The van der Waals surface area contributed by atoms with Gasteiger partial charge in [-0.1, -0.05) is 0 Å². The number of morpholine rings is 1. The lowest BCUT2D eigenvalue weighted by Gasteiger charge is -2.27. The molecule has 1 aliphatic heterocycles. The van der Waals surface area contributed by atoms with E-state index in [-0.39, 0.29) is 0 Å². The van der Waals surface area contributed by atoms with Gasteiger partial charge in [-0.3, -0.25) is 0 Å². The Morgan fingerprint density at radius 1 is 1.62 bits per heavy atom. The van der Waals surface area contributed by atoms with E-state index in [1.165, 1.54) is 0 Å². The quantitative estimate of drug-likeness (QED) is 0.785. The highest BCUT2D eigenvalue weighted by Gasteiger charge is 2.21. The standard InChI is InChI=1S/C13H24N4O3S/c1-13(2,3)14-8-10(18)9-20-12-11(15-21-16-12)17-4-6-19-7-5-17/h10,14,18H,4-9H2,1-3H3/t10-/m1/s1/i1D3,2D3,3D3,4D2,5D2,9D2,10D. The maximum Gasteiger partial charge on any atom is 0.270 e. The molecule has 120 valence electrons. The smallest absolute Gasteiger partial charge is 0.270 e. The molecule has 0 spiro atoms. The number of nitrogens with one attached hydrogen (secondary N) is 1. The van der Waals surface area contributed by atoms with Gasteiger partial charge in [0.15, 0.2) is 0 Å². The fraction of sp³-hybridized carbons (Fsp3) is 0.846. The molecule has 0 radical (unpaired) electrons. The van der Waals surface area contributed by atoms with E-state index < -0.39 is 83.2 Å². The van der Waals surface area contributed by atoms with E-state index in [2.05, 4.69) is 8.75 Å². The monoisotopic (exact) mass is 332 g/mol. The van der Waals surface area contributed by atoms with E-state index in [0.717, 1.165) is 0 Å². The minimum absolute atomic E-state index is 0.351. The zero-order valence-electron chi connectivity index (χ0n) is 26.6. The lowest BCUT2D eigenvalue weighted by Crippen LogP contribution is -2.42. The Hall–Kier alpha value is -0.960. The molecule has 0 saturated carbocycles. The van der Waals surface area contributed by atoms with Gasteiger partial charge in [-0.15, -0.1) is 4.37 Å². The average Bonchev–Trinajstić information content (AvgIpc) is 3.03. The number of β-amino-alcohol motifs (C(OH)–C–C–N with tert-alkyl or cyclic N) is 1. The van der Waals surface area contributed by atoms with Gasteiger partial charge < -0.3 is 24.8 Å². The summed E-state index contributed by atoms with van der Waals surface area (Å²) in [5.41, 5.74) is -3.68. The SMILES string of the molecule is [2H]C1([2H])COCC([2H])([2H])N1c1nsnc1OC([2H])([2H])[C@]([2H])(O)CNC(C([2H])([2H])[2H])(C([2H])([2H])[2H])C([2H])([2H])[2H]. The average molecular weight is 333 g/mol. The zero-order valence-corrected chi connectivity index (χ0v) is 11.5. The molecular formula is C13H24N4O3S. The van der Waals surface area contributed by atoms with Gasteiger partial charge in [0, 0.05) is 37.4 Å². The molecule has 0 bridgehead atoms. The molecule has 1 aromatic rings. The first-order valence-corrected chi connectivity index (χ1v) is 6.34. The topological polar surface area (TPSA) is 79.7 Å². The number of hydrogen-bond donors (Lipinski definition) is 2. The van der Waals surface area contributed by atoms with Crippen LogP contribution in [0, 0.1) is 0 Å². The predicted molar refractivity (Wildman–Crippen MR) is 82.2 cm³/mol. The highest BCUT2D eigenvalue weighted by Crippen LogP contribution is 2.26. The minimum Gasteiger partial charge on any atom is -0.472 e. The number of anilines is 1. The fourth-order valence-corrected chi connectivity index (χ4v) is 1.68. The third-order valence-electron chi connectivity index (χ3n) is 2.09. The van der Waals surface area contributed by atoms with Crippen molar-refractivity contribution in [1.82, 2.24) is 14.1 Å². The maximum atomic E-state index is 10.5. The summed E-state index contributed by atoms with van der Waals surface area (Å²) in [5.74, 6) is -1.50. The Bertz CT molecular complexity index is 907. The van der Waals surface area contributed by atoms with Crippen LogP contribution >= 0.6 is 11.7 Å². The molecule has 0 amide bonds. The van der Waals surface area contributed by atoms with E-state index in [9.17, 15) is 5.11 Å². The molecule has 0 aliphatic carbocycles. The number of nitrogens with zero attached hydrogens (tertiary/aromatic N) is 3. The normalized spacial score (nSPS) is 37.9. The largest absolute Gasteiger partial charge is 0.472 e. The molecule has 1 saturated heterocycles. The van der Waals surface area contributed by atoms with Gasteiger partial charge in [-0.2, -0.15) is 4.37 Å². The van der Waals surface area contributed by atoms with Crippen LogP contribution in [-0.2, 0) is 4.74 Å². The Morgan fingerprint density at radius 3 is 3.10 bits per heavy atom. The highest BCUT2D eigenvalue weighted by molar-refractivity contribution is 6.99. The first-order valence-electron chi connectivity index (χ1n) is 13.6. The van der Waals surface area contributed by atoms with Crippen LogP contribution in [-0.4, -0.2) is 64.8 Å². The second-order valence-corrected chi connectivity index (χ2v) is 4.32. The number of aliphatic hydroxyl groups is 1. The molecule has 2 heterocycles. The Labute approximate surface area is 152 Å². The molecule has 21 heavy (non-hydrogen) atoms. The van der Waals surface area contributed by atoms with Crippen LogP contribution in [0.15, 0.2) is 0 Å². The maximum absolute atomic E-state index is 10.5. The van der Waals surface area contributed by atoms with Gasteiger partial charge >= 0.3 is 0 Å². The second-order valence-electron chi connectivity index (χ2n) is 3.79. The van der Waals surface area contributed by atoms with Gasteiger partial charge in [0.1, 0.15) is 12.6 Å². The molecule has 2 N–H and O–H groups in total. The van der Waals surface area contributed by atoms with Gasteiger partial charge in [0.05, 0.1) is 34.5 Å². The van der Waals surface area contributed by atoms with E-state index in [0.29, 0.717) is 16.6 Å². The van der Waals surface area contributed by atoms with E-state index in [4.69, 9.17) is 31.4 Å². The first-order chi connectivity index (χ1) is 16.2. The molecule has 8 heteroatoms. The van der Waals surface area contributed by atoms with Crippen molar-refractivity contribution >= 4 is 17.5 Å². The summed E-state index contributed by atoms with van der Waals surface area (Å²) in [6.07, 6.45) is -3.57. The predicted octanol–water partition coefficient (Wildman–Crippen LogP) is 0.503. The molecule has 1 aromatic heterocycles. The minimum atomic E-state index is -3.74. The van der Waals surface area contributed by atoms with Crippen molar-refractivity contribution in [3.05, 3.63) is 0 Å². The summed E-state index contributed by atoms with van der Waals surface area (Å²) in [6.45, 7) is -22.6. The van der Waals surface area contributed by atoms with E-state index in [1.54, 1.807) is 5.32 Å². The molecule has 0 aromatic carbocycles. The molecule has 7 nitrogen and oxygen atoms in total. The van der Waals surface area contributed by atoms with Crippen molar-refractivity contribution in [2.75, 3.05) is 44.2 Å². The van der Waals surface area contributed by atoms with Crippen LogP contribution in [0.5, 0.6) is 5.88 Å². The Morgan fingerprint density at radius 2 is 2.38 bits per heavy atom. The van der Waals surface area contributed by atoms with E-state index >= 15 is 0 Å². The third-order valence-corrected chi connectivity index (χ3v) is 2.59. The van der Waals surface area contributed by atoms with Gasteiger partial charge in [-0.25, -0.2) is 0 Å². The third kappa shape index (κ3) is 5.39. The van der Waals surface area contributed by atoms with Crippen LogP contribution in [0.4, 0.5) is 5.82 Å². The number of ether oxygens (including phenoxy) is 2. The summed E-state index contributed by atoms with van der Waals surface area (Å²) < 4.78 is 142. The van der Waals surface area contributed by atoms with Crippen LogP contribution in [0.25, 0.3) is 0 Å². The van der Waals surface area contributed by atoms with Gasteiger partial charge in [0.2, 0.25) is 5.82 Å². The molecular weight excluding hydrogens is 292 g/mol. The van der Waals surface area contributed by atoms with Crippen LogP contribution in [0.2, 0.25) is 0 Å². The second kappa shape index (κ2) is 7.35. The highest BCUT2D eigenvalue weighted by atomic mass is 32.1. The molecule has 1 fully saturated rings. The van der Waals surface area contributed by atoms with Gasteiger partial charge in [0.25, 0.3) is 5.88 Å². The van der Waals surface area contributed by atoms with Crippen molar-refractivity contribution in [2.45, 2.75) is 32.2 Å². The molecule has 0 unspecified atom stereocenters. The van der Waals surface area contributed by atoms with Crippen molar-refractivity contribution in [3.8, 4) is 5.88 Å². The number of hydrogen-bond acceptors (Lipinski definition) is 8. The van der Waals surface area contributed by atoms with Crippen molar-refractivity contribution in [1.29, 1.82) is 0 Å². The summed E-state index contributed by atoms with van der Waals surface area (Å²) >= 11 is 0.351. The Balaban J connectivity index is 2.42. The number of aromatic nitrogens is 2. The van der Waals surface area contributed by atoms with Gasteiger partial charge in [-0.05, 0) is 20.6 Å². The molecule has 1 atom stereocenters. The summed E-state index contributed by atoms with van der Waals surface area (Å²) in [4.78, 5) is 0.475. The first kappa shape index (κ1) is 5.30. The van der Waals surface area contributed by atoms with Crippen LogP contribution < -0.4 is 15.0 Å². The van der Waals surface area contributed by atoms with Crippen molar-refractivity contribution in [2.24, 2.45) is 0 Å². The lowest BCUT2D eigenvalue weighted by molar-refractivity contribution is 0.0975. The summed E-state index contributed by atoms with van der Waals surface area (Å²) in [6, 6.07) is 0. The van der Waals surface area contributed by atoms with Crippen LogP contribution in [0.1, 0.15) is 42.5 Å². The fourth-order valence-electron chi connectivity index (χ4n) is 1.21. The van der Waals surface area contributed by atoms with E-state index in [1.807, 2.05) is 0 Å². The van der Waals surface area contributed by atoms with Crippen molar-refractivity contribution in [3.63, 3.8) is 0 Å². The zero-order chi connectivity index (χ0) is 29.1. The Kier molecular flexibility index (Phi) is 1.85. The van der Waals surface area contributed by atoms with Crippen LogP contribution in [0.3, 0.4) is 0 Å². The molecule has 2 rings (SSSR count). The van der Waals surface area contributed by atoms with Crippen molar-refractivity contribution < 1.29 is 36.5 Å².